The van der Waals surface area contributed by atoms with E-state index in [0.717, 1.165) is 0 Å². The molecule has 1 aliphatic heterocycles. The van der Waals surface area contributed by atoms with Crippen LogP contribution in [0.4, 0.5) is 0 Å². The number of benzene rings is 1. The first-order valence-corrected chi connectivity index (χ1v) is 5.56. The molecule has 0 saturated carbocycles. The summed E-state index contributed by atoms with van der Waals surface area (Å²) in [5, 5.41) is 0. The van der Waals surface area contributed by atoms with E-state index >= 15 is 0 Å². The molecule has 0 N–H and O–H groups in total. The monoisotopic (exact) mass is 284 g/mol. The van der Waals surface area contributed by atoms with Crippen molar-refractivity contribution in [1.29, 1.82) is 0 Å². The predicted octanol–water partition coefficient (Wildman–Crippen LogP) is 1.67. The maximum Gasteiger partial charge on any atom is 0.340 e. The Morgan fingerprint density at radius 2 is 2.06 bits per heavy atom. The summed E-state index contributed by atoms with van der Waals surface area (Å²) in [5.74, 6) is -0.819. The molecule has 1 aromatic carbocycles. The molecule has 0 aliphatic carbocycles. The van der Waals surface area contributed by atoms with Gasteiger partial charge in [0.05, 0.1) is 6.61 Å². The molecular weight excluding hydrogens is 276 g/mol. The van der Waals surface area contributed by atoms with Gasteiger partial charge in [-0.25, -0.2) is 9.59 Å². The van der Waals surface area contributed by atoms with Gasteiger partial charge in [0.2, 0.25) is 4.32 Å². The van der Waals surface area contributed by atoms with Crippen molar-refractivity contribution in [1.82, 2.24) is 0 Å². The quantitative estimate of drug-likeness (QED) is 0.359. The van der Waals surface area contributed by atoms with E-state index in [1.807, 2.05) is 6.07 Å². The first-order valence-electron chi connectivity index (χ1n) is 4.76. The van der Waals surface area contributed by atoms with Gasteiger partial charge in [0.15, 0.2) is 0 Å². The van der Waals surface area contributed by atoms with Crippen molar-refractivity contribution >= 4 is 27.9 Å². The summed E-state index contributed by atoms with van der Waals surface area (Å²) < 4.78 is 8.48. The maximum atomic E-state index is 11.8. The van der Waals surface area contributed by atoms with Crippen molar-refractivity contribution in [3.63, 3.8) is 0 Å². The van der Waals surface area contributed by atoms with E-state index in [9.17, 15) is 9.59 Å². The number of hydrogen-bond acceptors (Lipinski definition) is 4. The van der Waals surface area contributed by atoms with Gasteiger partial charge in [-0.2, -0.15) is 0 Å². The van der Waals surface area contributed by atoms with Gasteiger partial charge in [0.1, 0.15) is 5.75 Å². The summed E-state index contributed by atoms with van der Waals surface area (Å²) in [6.07, 6.45) is 0.289. The molecule has 1 saturated heterocycles. The molecule has 84 valence electrons. The molecule has 5 heteroatoms. The molecule has 1 aliphatic rings. The Kier molecular flexibility index (Phi) is 2.96. The minimum Gasteiger partial charge on any atom is -0.464 e. The third-order valence-corrected chi connectivity index (χ3v) is 3.32. The SMILES string of the molecule is O=C1OCCC1(Br)C(=O)Oc1ccccc1. The molecule has 1 unspecified atom stereocenters. The molecule has 0 spiro atoms. The minimum absolute atomic E-state index is 0.230. The van der Waals surface area contributed by atoms with E-state index in [1.165, 1.54) is 0 Å². The zero-order valence-electron chi connectivity index (χ0n) is 8.31. The van der Waals surface area contributed by atoms with E-state index < -0.39 is 16.3 Å². The average Bonchev–Trinajstić information content (AvgIpc) is 2.62. The highest BCUT2D eigenvalue weighted by Gasteiger charge is 2.50. The van der Waals surface area contributed by atoms with E-state index in [0.29, 0.717) is 5.75 Å². The Labute approximate surface area is 101 Å². The van der Waals surface area contributed by atoms with Crippen LogP contribution in [0.15, 0.2) is 30.3 Å². The number of carbonyl (C=O) groups excluding carboxylic acids is 2. The molecule has 1 atom stereocenters. The summed E-state index contributed by atoms with van der Waals surface area (Å²) in [6, 6.07) is 8.60. The zero-order valence-corrected chi connectivity index (χ0v) is 9.90. The highest BCUT2D eigenvalue weighted by molar-refractivity contribution is 9.10. The van der Waals surface area contributed by atoms with E-state index in [-0.39, 0.29) is 13.0 Å². The van der Waals surface area contributed by atoms with Crippen molar-refractivity contribution in [2.24, 2.45) is 0 Å². The zero-order chi connectivity index (χ0) is 11.6. The van der Waals surface area contributed by atoms with E-state index in [2.05, 4.69) is 15.9 Å². The maximum absolute atomic E-state index is 11.8. The molecule has 4 nitrogen and oxygen atoms in total. The second-order valence-electron chi connectivity index (χ2n) is 3.39. The fourth-order valence-corrected chi connectivity index (χ4v) is 1.72. The minimum atomic E-state index is -1.34. The van der Waals surface area contributed by atoms with Crippen LogP contribution in [-0.4, -0.2) is 22.9 Å². The standard InChI is InChI=1S/C11H9BrO4/c12-11(6-7-15-9(11)13)10(14)16-8-4-2-1-3-5-8/h1-5H,6-7H2. The normalized spacial score (nSPS) is 23.9. The van der Waals surface area contributed by atoms with Crippen LogP contribution in [0, 0.1) is 0 Å². The van der Waals surface area contributed by atoms with Gasteiger partial charge < -0.3 is 9.47 Å². The molecule has 1 aromatic rings. The summed E-state index contributed by atoms with van der Waals surface area (Å²) in [4.78, 5) is 23.1. The molecule has 0 bridgehead atoms. The van der Waals surface area contributed by atoms with Crippen LogP contribution in [0.1, 0.15) is 6.42 Å². The average molecular weight is 285 g/mol. The van der Waals surface area contributed by atoms with Crippen molar-refractivity contribution in [2.75, 3.05) is 6.61 Å². The lowest BCUT2D eigenvalue weighted by Crippen LogP contribution is -2.40. The smallest absolute Gasteiger partial charge is 0.340 e. The number of esters is 2. The molecule has 1 heterocycles. The van der Waals surface area contributed by atoms with Gasteiger partial charge in [0.25, 0.3) is 0 Å². The number of cyclic esters (lactones) is 1. The number of carbonyl (C=O) groups is 2. The molecule has 0 amide bonds. The molecule has 0 aromatic heterocycles. The largest absolute Gasteiger partial charge is 0.464 e. The van der Waals surface area contributed by atoms with Crippen molar-refractivity contribution in [3.05, 3.63) is 30.3 Å². The number of halogens is 1. The Morgan fingerprint density at radius 3 is 2.62 bits per heavy atom. The first kappa shape index (κ1) is 11.1. The van der Waals surface area contributed by atoms with Gasteiger partial charge in [-0.1, -0.05) is 34.1 Å². The van der Waals surface area contributed by atoms with Crippen LogP contribution < -0.4 is 4.74 Å². The fourth-order valence-electron chi connectivity index (χ4n) is 1.36. The molecule has 1 fully saturated rings. The van der Waals surface area contributed by atoms with Crippen LogP contribution >= 0.6 is 15.9 Å². The van der Waals surface area contributed by atoms with Gasteiger partial charge in [-0.15, -0.1) is 0 Å². The lowest BCUT2D eigenvalue weighted by molar-refractivity contribution is -0.147. The van der Waals surface area contributed by atoms with E-state index in [1.54, 1.807) is 24.3 Å². The van der Waals surface area contributed by atoms with Crippen LogP contribution in [0.3, 0.4) is 0 Å². The Hall–Kier alpha value is -1.36. The lowest BCUT2D eigenvalue weighted by atomic mass is 10.1. The van der Waals surface area contributed by atoms with Gasteiger partial charge >= 0.3 is 11.9 Å². The van der Waals surface area contributed by atoms with Crippen LogP contribution in [0.25, 0.3) is 0 Å². The Morgan fingerprint density at radius 1 is 1.38 bits per heavy atom. The topological polar surface area (TPSA) is 52.6 Å². The predicted molar refractivity (Wildman–Crippen MR) is 59.3 cm³/mol. The Bertz CT molecular complexity index is 417. The summed E-state index contributed by atoms with van der Waals surface area (Å²) >= 11 is 3.09. The fraction of sp³-hybridized carbons (Fsp3) is 0.273. The third kappa shape index (κ3) is 1.95. The van der Waals surface area contributed by atoms with Crippen molar-refractivity contribution in [2.45, 2.75) is 10.7 Å². The molecular formula is C11H9BrO4. The van der Waals surface area contributed by atoms with Crippen LogP contribution in [-0.2, 0) is 14.3 Å². The number of alkyl halides is 1. The van der Waals surface area contributed by atoms with Crippen molar-refractivity contribution < 1.29 is 19.1 Å². The summed E-state index contributed by atoms with van der Waals surface area (Å²) in [5.41, 5.74) is 0. The molecule has 16 heavy (non-hydrogen) atoms. The van der Waals surface area contributed by atoms with E-state index in [4.69, 9.17) is 9.47 Å². The van der Waals surface area contributed by atoms with Crippen LogP contribution in [0.5, 0.6) is 5.75 Å². The number of para-hydroxylation sites is 1. The lowest BCUT2D eigenvalue weighted by Gasteiger charge is -2.14. The van der Waals surface area contributed by atoms with Crippen LogP contribution in [0.2, 0.25) is 0 Å². The summed E-state index contributed by atoms with van der Waals surface area (Å²) in [7, 11) is 0. The summed E-state index contributed by atoms with van der Waals surface area (Å²) in [6.45, 7) is 0.230. The van der Waals surface area contributed by atoms with Gasteiger partial charge in [0, 0.05) is 6.42 Å². The molecule has 0 radical (unpaired) electrons. The number of ether oxygens (including phenoxy) is 2. The molecule has 2 rings (SSSR count). The second-order valence-corrected chi connectivity index (χ2v) is 4.74. The number of rotatable bonds is 2. The van der Waals surface area contributed by atoms with Gasteiger partial charge in [-0.05, 0) is 12.1 Å². The highest BCUT2D eigenvalue weighted by Crippen LogP contribution is 2.31. The highest BCUT2D eigenvalue weighted by atomic mass is 79.9. The second kappa shape index (κ2) is 4.25. The Balaban J connectivity index is 2.12. The third-order valence-electron chi connectivity index (χ3n) is 2.28. The van der Waals surface area contributed by atoms with Crippen molar-refractivity contribution in [3.8, 4) is 5.75 Å². The van der Waals surface area contributed by atoms with Gasteiger partial charge in [-0.3, -0.25) is 0 Å². The first-order chi connectivity index (χ1) is 7.63. The number of hydrogen-bond donors (Lipinski definition) is 0.